The highest BCUT2D eigenvalue weighted by molar-refractivity contribution is 7.92. The third kappa shape index (κ3) is 4.01. The molecule has 0 radical (unpaired) electrons. The van der Waals surface area contributed by atoms with Crippen LogP contribution in [0.1, 0.15) is 15.9 Å². The van der Waals surface area contributed by atoms with Gasteiger partial charge < -0.3 is 5.32 Å². The fourth-order valence-corrected chi connectivity index (χ4v) is 4.05. The average molecular weight is 429 g/mol. The molecule has 2 aromatic carbocycles. The molecule has 1 aromatic heterocycles. The molecule has 0 unspecified atom stereocenters. The highest BCUT2D eigenvalue weighted by Gasteiger charge is 2.28. The maximum atomic E-state index is 13.0. The molecule has 11 heteroatoms. The molecule has 3 rings (SSSR count). The summed E-state index contributed by atoms with van der Waals surface area (Å²) < 4.78 is 28.3. The van der Waals surface area contributed by atoms with Crippen LogP contribution in [0.4, 0.5) is 17.2 Å². The Balaban J connectivity index is 1.91. The highest BCUT2D eigenvalue weighted by Crippen LogP contribution is 2.26. The van der Waals surface area contributed by atoms with Crippen molar-refractivity contribution in [2.24, 2.45) is 7.05 Å². The summed E-state index contributed by atoms with van der Waals surface area (Å²) in [5.41, 5.74) is 1.16. The van der Waals surface area contributed by atoms with E-state index in [0.29, 0.717) is 5.69 Å². The van der Waals surface area contributed by atoms with Crippen LogP contribution in [0.5, 0.6) is 0 Å². The number of carbonyl (C=O) groups excluding carboxylic acids is 1. The summed E-state index contributed by atoms with van der Waals surface area (Å²) in [6.07, 6.45) is 1.26. The van der Waals surface area contributed by atoms with Gasteiger partial charge in [-0.15, -0.1) is 0 Å². The third-order valence-electron chi connectivity index (χ3n) is 4.47. The minimum Gasteiger partial charge on any atom is -0.322 e. The van der Waals surface area contributed by atoms with E-state index in [1.54, 1.807) is 12.1 Å². The van der Waals surface area contributed by atoms with E-state index < -0.39 is 20.9 Å². The van der Waals surface area contributed by atoms with Gasteiger partial charge in [-0.05, 0) is 31.2 Å². The van der Waals surface area contributed by atoms with E-state index in [-0.39, 0.29) is 22.0 Å². The summed E-state index contributed by atoms with van der Waals surface area (Å²) in [5, 5.41) is 17.4. The van der Waals surface area contributed by atoms with E-state index in [0.717, 1.165) is 9.87 Å². The number of anilines is 2. The summed E-state index contributed by atoms with van der Waals surface area (Å²) in [6.45, 7) is 1.85. The maximum Gasteiger partial charge on any atom is 0.269 e. The number of rotatable bonds is 6. The lowest BCUT2D eigenvalue weighted by Gasteiger charge is -2.21. The van der Waals surface area contributed by atoms with E-state index >= 15 is 0 Å². The molecule has 0 bridgehead atoms. The largest absolute Gasteiger partial charge is 0.322 e. The Kier molecular flexibility index (Phi) is 5.56. The van der Waals surface area contributed by atoms with Crippen LogP contribution in [0.15, 0.2) is 59.6 Å². The van der Waals surface area contributed by atoms with E-state index in [9.17, 15) is 23.3 Å². The molecule has 156 valence electrons. The number of aryl methyl sites for hydroxylation is 2. The van der Waals surface area contributed by atoms with Gasteiger partial charge in [-0.25, -0.2) is 8.42 Å². The standard InChI is InChI=1S/C19H19N5O5S/c1-13-4-10-16(11-5-13)30(28,29)23(3)19-17(12-20-22(19)2)18(25)21-14-6-8-15(9-7-14)24(26)27/h4-12H,1-3H3,(H,21,25). The number of benzene rings is 2. The van der Waals surface area contributed by atoms with Crippen LogP contribution in [0.3, 0.4) is 0 Å². The fourth-order valence-electron chi connectivity index (χ4n) is 2.81. The Morgan fingerprint density at radius 2 is 1.73 bits per heavy atom. The zero-order valence-electron chi connectivity index (χ0n) is 16.4. The number of aromatic nitrogens is 2. The number of amides is 1. The number of hydrogen-bond acceptors (Lipinski definition) is 6. The fraction of sp³-hybridized carbons (Fsp3) is 0.158. The number of carbonyl (C=O) groups is 1. The second kappa shape index (κ2) is 7.95. The monoisotopic (exact) mass is 429 g/mol. The molecule has 1 N–H and O–H groups in total. The molecule has 0 fully saturated rings. The highest BCUT2D eigenvalue weighted by atomic mass is 32.2. The number of hydrogen-bond donors (Lipinski definition) is 1. The number of nitro benzene ring substituents is 1. The molecule has 1 heterocycles. The van der Waals surface area contributed by atoms with Gasteiger partial charge in [-0.2, -0.15) is 5.10 Å². The molecule has 3 aromatic rings. The van der Waals surface area contributed by atoms with Crippen LogP contribution in [0.2, 0.25) is 0 Å². The minimum atomic E-state index is -3.93. The minimum absolute atomic E-state index is 0.0361. The topological polar surface area (TPSA) is 127 Å². The van der Waals surface area contributed by atoms with Crippen LogP contribution in [-0.2, 0) is 17.1 Å². The molecule has 10 nitrogen and oxygen atoms in total. The van der Waals surface area contributed by atoms with Crippen LogP contribution in [-0.4, -0.2) is 36.1 Å². The lowest BCUT2D eigenvalue weighted by atomic mass is 10.2. The first-order valence-electron chi connectivity index (χ1n) is 8.74. The SMILES string of the molecule is Cc1ccc(S(=O)(=O)N(C)c2c(C(=O)Nc3ccc([N+](=O)[O-])cc3)cnn2C)cc1. The second-order valence-corrected chi connectivity index (χ2v) is 8.52. The average Bonchev–Trinajstić information content (AvgIpc) is 3.09. The third-order valence-corrected chi connectivity index (χ3v) is 6.23. The molecular weight excluding hydrogens is 410 g/mol. The lowest BCUT2D eigenvalue weighted by Crippen LogP contribution is -2.30. The van der Waals surface area contributed by atoms with Crippen molar-refractivity contribution in [2.45, 2.75) is 11.8 Å². The number of nitrogens with zero attached hydrogens (tertiary/aromatic N) is 4. The van der Waals surface area contributed by atoms with E-state index in [1.807, 2.05) is 6.92 Å². The molecule has 0 saturated carbocycles. The molecule has 0 aliphatic heterocycles. The number of nitro groups is 1. The van der Waals surface area contributed by atoms with Gasteiger partial charge in [0.1, 0.15) is 5.56 Å². The summed E-state index contributed by atoms with van der Waals surface area (Å²) >= 11 is 0. The predicted molar refractivity (Wildman–Crippen MR) is 111 cm³/mol. The molecule has 0 saturated heterocycles. The first-order chi connectivity index (χ1) is 14.1. The molecule has 0 atom stereocenters. The molecule has 0 spiro atoms. The Morgan fingerprint density at radius 3 is 2.30 bits per heavy atom. The number of nitrogens with one attached hydrogen (secondary N) is 1. The Bertz CT molecular complexity index is 1200. The van der Waals surface area contributed by atoms with Gasteiger partial charge in [0, 0.05) is 31.9 Å². The van der Waals surface area contributed by atoms with Crippen molar-refractivity contribution >= 4 is 33.1 Å². The van der Waals surface area contributed by atoms with Crippen molar-refractivity contribution in [2.75, 3.05) is 16.7 Å². The Labute approximate surface area is 172 Å². The van der Waals surface area contributed by atoms with Crippen LogP contribution in [0, 0.1) is 17.0 Å². The van der Waals surface area contributed by atoms with Crippen LogP contribution < -0.4 is 9.62 Å². The van der Waals surface area contributed by atoms with E-state index in [2.05, 4.69) is 10.4 Å². The first kappa shape index (κ1) is 21.0. The first-order valence-corrected chi connectivity index (χ1v) is 10.2. The van der Waals surface area contributed by atoms with Crippen LogP contribution in [0.25, 0.3) is 0 Å². The summed E-state index contributed by atoms with van der Waals surface area (Å²) in [7, 11) is -1.06. The quantitative estimate of drug-likeness (QED) is 0.474. The second-order valence-electron chi connectivity index (χ2n) is 6.55. The van der Waals surface area contributed by atoms with Crippen molar-refractivity contribution in [3.05, 3.63) is 76.0 Å². The Morgan fingerprint density at radius 1 is 1.13 bits per heavy atom. The smallest absolute Gasteiger partial charge is 0.269 e. The molecule has 0 aliphatic rings. The van der Waals surface area contributed by atoms with Gasteiger partial charge in [0.15, 0.2) is 5.82 Å². The van der Waals surface area contributed by atoms with Gasteiger partial charge in [0.05, 0.1) is 16.0 Å². The zero-order chi connectivity index (χ0) is 22.1. The normalized spacial score (nSPS) is 11.2. The predicted octanol–water partition coefficient (Wildman–Crippen LogP) is 2.71. The molecule has 30 heavy (non-hydrogen) atoms. The van der Waals surface area contributed by atoms with Crippen molar-refractivity contribution in [1.29, 1.82) is 0 Å². The van der Waals surface area contributed by atoms with E-state index in [1.165, 1.54) is 61.4 Å². The lowest BCUT2D eigenvalue weighted by molar-refractivity contribution is -0.384. The van der Waals surface area contributed by atoms with Gasteiger partial charge in [0.25, 0.3) is 21.6 Å². The number of sulfonamides is 1. The summed E-state index contributed by atoms with van der Waals surface area (Å²) in [4.78, 5) is 23.0. The number of non-ortho nitro benzene ring substituents is 1. The van der Waals surface area contributed by atoms with Gasteiger partial charge in [-0.3, -0.25) is 23.9 Å². The van der Waals surface area contributed by atoms with Crippen molar-refractivity contribution in [3.8, 4) is 0 Å². The zero-order valence-corrected chi connectivity index (χ0v) is 17.3. The summed E-state index contributed by atoms with van der Waals surface area (Å²) in [6, 6.07) is 11.7. The van der Waals surface area contributed by atoms with Gasteiger partial charge in [-0.1, -0.05) is 17.7 Å². The summed E-state index contributed by atoms with van der Waals surface area (Å²) in [5.74, 6) is -0.520. The van der Waals surface area contributed by atoms with Crippen LogP contribution >= 0.6 is 0 Å². The van der Waals surface area contributed by atoms with Gasteiger partial charge in [0.2, 0.25) is 0 Å². The van der Waals surface area contributed by atoms with Gasteiger partial charge >= 0.3 is 0 Å². The Hall–Kier alpha value is -3.73. The molecular formula is C19H19N5O5S. The van der Waals surface area contributed by atoms with Crippen molar-refractivity contribution in [3.63, 3.8) is 0 Å². The maximum absolute atomic E-state index is 13.0. The molecule has 0 aliphatic carbocycles. The molecule has 1 amide bonds. The van der Waals surface area contributed by atoms with E-state index in [4.69, 9.17) is 0 Å². The van der Waals surface area contributed by atoms with Crippen molar-refractivity contribution in [1.82, 2.24) is 9.78 Å². The van der Waals surface area contributed by atoms with Crippen molar-refractivity contribution < 1.29 is 18.1 Å².